The van der Waals surface area contributed by atoms with Gasteiger partial charge >= 0.3 is 0 Å². The second-order valence-electron chi connectivity index (χ2n) is 40.3. The van der Waals surface area contributed by atoms with E-state index in [9.17, 15) is 93.9 Å². The van der Waals surface area contributed by atoms with Gasteiger partial charge in [-0.15, -0.1) is 45.3 Å². The molecule has 16 rings (SSSR count). The van der Waals surface area contributed by atoms with E-state index < -0.39 is 147 Å². The molecule has 8 aromatic heterocycles. The Balaban J connectivity index is 0.000000159. The van der Waals surface area contributed by atoms with E-state index in [0.717, 1.165) is 109 Å². The fourth-order valence-electron chi connectivity index (χ4n) is 18.8. The Morgan fingerprint density at radius 2 is 0.761 bits per heavy atom. The van der Waals surface area contributed by atoms with E-state index in [1.807, 2.05) is 101 Å². The average Bonchev–Trinajstić information content (AvgIpc) is 1.63. The van der Waals surface area contributed by atoms with E-state index in [-0.39, 0.29) is 119 Å². The molecule has 12 heterocycles. The van der Waals surface area contributed by atoms with E-state index in [0.29, 0.717) is 125 Å². The summed E-state index contributed by atoms with van der Waals surface area (Å²) in [7, 11) is 0. The second-order valence-corrected chi connectivity index (χ2v) is 44.3. The molecule has 0 unspecified atom stereocenters. The van der Waals surface area contributed by atoms with Gasteiger partial charge in [0, 0.05) is 138 Å². The van der Waals surface area contributed by atoms with Crippen molar-refractivity contribution in [3.63, 3.8) is 0 Å². The summed E-state index contributed by atoms with van der Waals surface area (Å²) < 4.78 is 113. The first-order chi connectivity index (χ1) is 66.8. The predicted molar refractivity (Wildman–Crippen MR) is 529 cm³/mol. The van der Waals surface area contributed by atoms with E-state index >= 15 is 0 Å². The van der Waals surface area contributed by atoms with Crippen LogP contribution in [0.25, 0.3) is 41.8 Å². The van der Waals surface area contributed by atoms with Crippen LogP contribution in [0.4, 0.5) is 58.4 Å². The van der Waals surface area contributed by atoms with Gasteiger partial charge in [-0.2, -0.15) is 0 Å². The zero-order valence-corrected chi connectivity index (χ0v) is 85.8. The van der Waals surface area contributed by atoms with Crippen LogP contribution < -0.4 is 42.5 Å². The largest absolute Gasteiger partial charge is 0.393 e. The molecule has 0 spiro atoms. The van der Waals surface area contributed by atoms with Crippen LogP contribution in [0, 0.1) is 20.8 Å². The minimum Gasteiger partial charge on any atom is -0.393 e. The van der Waals surface area contributed by atoms with Crippen molar-refractivity contribution < 1.29 is 93.9 Å². The van der Waals surface area contributed by atoms with Crippen molar-refractivity contribution in [2.75, 3.05) is 47.4 Å². The summed E-state index contributed by atoms with van der Waals surface area (Å²) in [6.45, 7) is 28.6. The number of aryl methyl sites for hydroxylation is 3. The third-order valence-corrected chi connectivity index (χ3v) is 30.6. The molecular weight excluding hydrogens is 1930 g/mol. The highest BCUT2D eigenvalue weighted by Crippen LogP contribution is 2.45. The maximum absolute atomic E-state index is 14.2. The number of carbonyl (C=O) groups is 8. The average molecular weight is 2060 g/mol. The predicted octanol–water partition coefficient (Wildman–Crippen LogP) is 16.6. The van der Waals surface area contributed by atoms with Crippen LogP contribution in [0.3, 0.4) is 0 Å². The molecule has 4 saturated carbocycles. The quantitative estimate of drug-likeness (QED) is 0.0236. The van der Waals surface area contributed by atoms with Gasteiger partial charge in [-0.05, 0) is 241 Å². The van der Waals surface area contributed by atoms with Crippen LogP contribution in [0.15, 0.2) is 49.1 Å². The third-order valence-electron chi connectivity index (χ3n) is 26.2. The highest BCUT2D eigenvalue weighted by atomic mass is 32.1. The Labute approximate surface area is 835 Å². The first kappa shape index (κ1) is 109. The first-order valence-corrected chi connectivity index (χ1v) is 51.7. The van der Waals surface area contributed by atoms with Crippen molar-refractivity contribution in [3.8, 4) is 41.8 Å². The Morgan fingerprint density at radius 1 is 0.430 bits per heavy atom. The minimum absolute atomic E-state index is 0.00430. The number of thiazole rings is 4. The van der Waals surface area contributed by atoms with Crippen molar-refractivity contribution in [2.24, 2.45) is 0 Å². The van der Waals surface area contributed by atoms with Gasteiger partial charge in [0.1, 0.15) is 46.0 Å². The Hall–Kier alpha value is -10.6. The minimum atomic E-state index is -2.97. The molecule has 0 radical (unpaired) electrons. The molecular formula is C98H128F8N20O12S4. The van der Waals surface area contributed by atoms with E-state index in [2.05, 4.69) is 89.3 Å². The van der Waals surface area contributed by atoms with Crippen LogP contribution in [-0.4, -0.2) is 268 Å². The maximum Gasteiger partial charge on any atom is 0.280 e. The van der Waals surface area contributed by atoms with Crippen LogP contribution in [-0.2, 0) is 0 Å². The molecule has 44 heteroatoms. The van der Waals surface area contributed by atoms with Crippen molar-refractivity contribution in [3.05, 3.63) is 114 Å². The van der Waals surface area contributed by atoms with Gasteiger partial charge in [0.2, 0.25) is 0 Å². The topological polar surface area (TPSA) is 430 Å². The number of aliphatic hydroxyl groups is 4. The molecule has 13 atom stereocenters. The molecule has 8 amide bonds. The summed E-state index contributed by atoms with van der Waals surface area (Å²) in [6, 6.07) is 4.30. The number of rotatable bonds is 25. The molecule has 4 saturated heterocycles. The lowest BCUT2D eigenvalue weighted by Gasteiger charge is -2.23. The lowest BCUT2D eigenvalue weighted by Crippen LogP contribution is -2.40. The number of aliphatic hydroxyl groups excluding tert-OH is 4. The number of aromatic nitrogens is 8. The fraction of sp³-hybridized carbons (Fsp3) is 0.592. The molecule has 0 aromatic carbocycles. The summed E-state index contributed by atoms with van der Waals surface area (Å²) in [5, 5.41) is 64.1. The number of nitrogens with zero attached hydrogens (tertiary/aromatic N) is 12. The third kappa shape index (κ3) is 26.7. The zero-order valence-electron chi connectivity index (χ0n) is 82.5. The number of carbonyl (C=O) groups excluding carboxylic acids is 8. The summed E-state index contributed by atoms with van der Waals surface area (Å²) in [4.78, 5) is 147. The second kappa shape index (κ2) is 45.3. The number of halogens is 8. The van der Waals surface area contributed by atoms with Crippen molar-refractivity contribution in [1.29, 1.82) is 0 Å². The van der Waals surface area contributed by atoms with Crippen LogP contribution in [0.5, 0.6) is 0 Å². The highest BCUT2D eigenvalue weighted by Gasteiger charge is 2.50. The van der Waals surface area contributed by atoms with Gasteiger partial charge in [0.15, 0.2) is 20.0 Å². The van der Waals surface area contributed by atoms with E-state index in [1.54, 1.807) is 44.3 Å². The van der Waals surface area contributed by atoms with Gasteiger partial charge in [0.05, 0.1) is 75.6 Å². The number of anilines is 4. The number of alkyl halides is 8. The first-order valence-electron chi connectivity index (χ1n) is 48.4. The standard InChI is InChI=1S/2C25H33F2N5O3S.2C24H31F2N5O3S/c1-13-6-5-9-32(13)24(35)19-20(36-23(30-19)22(34)29-14-7-8-15(33)10-14)17-12-28-18(31-25(2,3)4)11-16(17)21(26)27;1-5-14(3)29-19-9-13(2)16(11-28-19)21-20(24(35)32-12-25(26,27)10-15(32)4)31-23(36-21)22(34)30-17-7-6-8-18(17)33;1-12(2)28-18-7-13(3)17(10-27-18)20-19(23(34)31-11-24(25,26)9-14(31)4)30-22(35-20)21(33)29-15-5-6-16(32)8-15;1-12(2)28-18-8-13(3)15(10-27-18)20-19(23(34)31-11-24(25,26)9-14(31)4)30-22(35-20)21(33)29-16-6-5-7-17(16)32/h11-15,21,33H,5-10H2,1-4H3,(H,28,31)(H,29,34);9,11,14-15,17-18,33H,5-8,10,12H2,1-4H3,(H,28,29)(H,30,34);7,10,12,14-16,32H,5-6,8-9,11H2,1-4H3,(H,27,28)(H,29,33);8,10,12,14,16-17,32H,5-7,9,11H2,1-4H3,(H,27,28)(H,29,33)/t13-,14-,15-;14-,15+,17+,18+;14-,15-,16-;14-,16-,17-/m0100/s1. The molecule has 12 N–H and O–H groups in total. The maximum atomic E-state index is 14.2. The number of likely N-dealkylation sites (tertiary alicyclic amines) is 4. The SMILES string of the molecule is CC[C@@H](C)Nc1cc(C)c(-c2sc(C(=O)N[C@H]3CCC[C@@H]3O)nc2C(=O)N2CC(F)(F)C[C@@H]2C)cn1.C[C@H]1CCCN1C(=O)c1nc(C(=O)N[C@H]2CC[C@H](O)C2)sc1-c1cnc(NC(C)(C)C)cc1C(F)F.Cc1cc(NC(C)C)ncc1-c1sc(C(=O)N[C@H]2CCC[C@@H]2O)nc1C(=O)N1CC(F)(F)C[C@@H]1C.Cc1cc(NC(C)C)ncc1-c1sc(C(=O)N[C@H]2CC[C@H](O)C2)nc1C(=O)N1CC(F)(F)C[C@@H]1C. The summed E-state index contributed by atoms with van der Waals surface area (Å²) >= 11 is 4.02. The summed E-state index contributed by atoms with van der Waals surface area (Å²) in [6.07, 6.45) is 10.1. The van der Waals surface area contributed by atoms with Gasteiger partial charge in [-0.3, -0.25) is 38.4 Å². The highest BCUT2D eigenvalue weighted by molar-refractivity contribution is 7.18. The molecule has 32 nitrogen and oxygen atoms in total. The molecule has 8 fully saturated rings. The fourth-order valence-corrected chi connectivity index (χ4v) is 22.9. The Kier molecular flexibility index (Phi) is 34.7. The Bertz CT molecular complexity index is 5920. The van der Waals surface area contributed by atoms with Gasteiger partial charge in [-0.25, -0.2) is 75.0 Å². The van der Waals surface area contributed by atoms with Gasteiger partial charge < -0.3 is 82.6 Å². The molecule has 8 aromatic rings. The van der Waals surface area contributed by atoms with Crippen molar-refractivity contribution in [1.82, 2.24) is 80.7 Å². The van der Waals surface area contributed by atoms with Crippen LogP contribution in [0.2, 0.25) is 0 Å². The normalized spacial score (nSPS) is 23.4. The summed E-state index contributed by atoms with van der Waals surface area (Å²) in [5.41, 5.74) is 3.59. The number of hydrogen-bond acceptors (Lipinski definition) is 28. The Morgan fingerprint density at radius 3 is 1.04 bits per heavy atom. The van der Waals surface area contributed by atoms with E-state index in [4.69, 9.17) is 0 Å². The number of amides is 8. The van der Waals surface area contributed by atoms with Crippen molar-refractivity contribution in [2.45, 2.75) is 347 Å². The number of nitrogens with one attached hydrogen (secondary N) is 8. The molecule has 0 bridgehead atoms. The van der Waals surface area contributed by atoms with E-state index in [1.165, 1.54) is 12.3 Å². The molecule has 4 aliphatic carbocycles. The smallest absolute Gasteiger partial charge is 0.280 e. The van der Waals surface area contributed by atoms with Gasteiger partial charge in [-0.1, -0.05) is 6.92 Å². The molecule has 4 aliphatic heterocycles. The number of hydrogen-bond donors (Lipinski definition) is 12. The zero-order chi connectivity index (χ0) is 103. The van der Waals surface area contributed by atoms with Crippen LogP contribution in [0.1, 0.15) is 315 Å². The molecule has 142 heavy (non-hydrogen) atoms. The lowest BCUT2D eigenvalue weighted by molar-refractivity contribution is 0.0115. The van der Waals surface area contributed by atoms with Gasteiger partial charge in [0.25, 0.3) is 71.5 Å². The number of pyridine rings is 4. The van der Waals surface area contributed by atoms with Crippen molar-refractivity contribution >= 4 is 116 Å². The molecule has 8 aliphatic rings. The lowest BCUT2D eigenvalue weighted by atomic mass is 10.1. The van der Waals surface area contributed by atoms with Crippen LogP contribution >= 0.6 is 45.3 Å². The summed E-state index contributed by atoms with van der Waals surface area (Å²) in [5.74, 6) is -10.8. The molecule has 772 valence electrons. The monoisotopic (exact) mass is 2060 g/mol.